The average Bonchev–Trinajstić information content (AvgIpc) is 2.61. The lowest BCUT2D eigenvalue weighted by Gasteiger charge is -2.11. The normalized spacial score (nSPS) is 10.0. The van der Waals surface area contributed by atoms with Gasteiger partial charge < -0.3 is 20.3 Å². The van der Waals surface area contributed by atoms with Crippen LogP contribution in [0.2, 0.25) is 0 Å². The highest BCUT2D eigenvalue weighted by Gasteiger charge is 2.12. The molecule has 0 aliphatic carbocycles. The Hall–Kier alpha value is -3.13. The van der Waals surface area contributed by atoms with Crippen LogP contribution in [0.3, 0.4) is 0 Å². The van der Waals surface area contributed by atoms with Crippen LogP contribution in [0.25, 0.3) is 0 Å². The number of aromatic hydroxyl groups is 1. The molecule has 0 saturated carbocycles. The van der Waals surface area contributed by atoms with Crippen molar-refractivity contribution < 1.29 is 24.5 Å². The molecule has 136 valence electrons. The molecule has 0 aliphatic heterocycles. The molecule has 2 rings (SSSR count). The Labute approximate surface area is 155 Å². The van der Waals surface area contributed by atoms with E-state index in [1.807, 2.05) is 6.92 Å². The minimum Gasteiger partial charge on any atom is -0.507 e. The van der Waals surface area contributed by atoms with E-state index in [1.54, 1.807) is 24.3 Å². The molecule has 0 atom stereocenters. The number of benzene rings is 2. The van der Waals surface area contributed by atoms with Gasteiger partial charge in [-0.2, -0.15) is 0 Å². The fourth-order valence-corrected chi connectivity index (χ4v) is 2.26. The molecule has 0 saturated heterocycles. The van der Waals surface area contributed by atoms with Crippen molar-refractivity contribution in [2.45, 2.75) is 13.3 Å². The lowest BCUT2D eigenvalue weighted by molar-refractivity contribution is 0.0693. The maximum Gasteiger partial charge on any atom is 0.339 e. The summed E-state index contributed by atoms with van der Waals surface area (Å²) in [5.74, 6) is -1.37. The Bertz CT molecular complexity index is 821. The summed E-state index contributed by atoms with van der Waals surface area (Å²) in [6.45, 7) is 2.60. The Morgan fingerprint density at radius 2 is 1.85 bits per heavy atom. The van der Waals surface area contributed by atoms with Gasteiger partial charge in [0.25, 0.3) is 5.91 Å². The molecule has 0 aromatic heterocycles. The van der Waals surface area contributed by atoms with Crippen LogP contribution < -0.4 is 15.4 Å². The van der Waals surface area contributed by atoms with Gasteiger partial charge in [-0.15, -0.1) is 0 Å². The smallest absolute Gasteiger partial charge is 0.339 e. The fraction of sp³-hybridized carbons (Fsp3) is 0.167. The van der Waals surface area contributed by atoms with E-state index in [4.69, 9.17) is 22.1 Å². The van der Waals surface area contributed by atoms with Crippen molar-refractivity contribution in [3.8, 4) is 11.5 Å². The molecule has 2 aromatic rings. The number of carboxylic acid groups (broad SMARTS) is 1. The molecule has 1 amide bonds. The first-order valence-electron chi connectivity index (χ1n) is 7.82. The van der Waals surface area contributed by atoms with Crippen molar-refractivity contribution in [3.63, 3.8) is 0 Å². The van der Waals surface area contributed by atoms with Crippen LogP contribution in [0.15, 0.2) is 42.5 Å². The molecule has 0 fully saturated rings. The first-order valence-corrected chi connectivity index (χ1v) is 8.23. The summed E-state index contributed by atoms with van der Waals surface area (Å²) in [6.07, 6.45) is 0.892. The standard InChI is InChI=1S/C18H18N2O5S/c1-2-9-25-13-6-3-11(4-7-13)16(22)20-18(26)19-12-5-8-15(21)14(10-12)17(23)24/h3-8,10,21H,2,9H2,1H3,(H,23,24)(H2,19,20,22,26). The zero-order valence-corrected chi connectivity index (χ0v) is 14.8. The zero-order valence-electron chi connectivity index (χ0n) is 14.0. The number of thiocarbonyl (C=S) groups is 1. The van der Waals surface area contributed by atoms with E-state index in [0.717, 1.165) is 6.42 Å². The second-order valence-electron chi connectivity index (χ2n) is 5.32. The number of anilines is 1. The van der Waals surface area contributed by atoms with E-state index >= 15 is 0 Å². The number of hydrogen-bond acceptors (Lipinski definition) is 5. The number of carboxylic acids is 1. The van der Waals surface area contributed by atoms with Crippen molar-refractivity contribution in [1.82, 2.24) is 5.32 Å². The maximum absolute atomic E-state index is 12.2. The van der Waals surface area contributed by atoms with Crippen molar-refractivity contribution in [2.75, 3.05) is 11.9 Å². The van der Waals surface area contributed by atoms with Gasteiger partial charge >= 0.3 is 5.97 Å². The number of ether oxygens (including phenoxy) is 1. The predicted molar refractivity (Wildman–Crippen MR) is 101 cm³/mol. The fourth-order valence-electron chi connectivity index (χ4n) is 2.05. The first kappa shape index (κ1) is 19.2. The van der Waals surface area contributed by atoms with E-state index in [-0.39, 0.29) is 16.4 Å². The van der Waals surface area contributed by atoms with Crippen LogP contribution >= 0.6 is 12.2 Å². The van der Waals surface area contributed by atoms with E-state index in [1.165, 1.54) is 18.2 Å². The van der Waals surface area contributed by atoms with Crippen molar-refractivity contribution >= 4 is 34.9 Å². The Balaban J connectivity index is 1.98. The highest BCUT2D eigenvalue weighted by molar-refractivity contribution is 7.80. The third-order valence-electron chi connectivity index (χ3n) is 3.30. The monoisotopic (exact) mass is 374 g/mol. The van der Waals surface area contributed by atoms with Crippen molar-refractivity contribution in [3.05, 3.63) is 53.6 Å². The number of phenols is 1. The van der Waals surface area contributed by atoms with E-state index in [0.29, 0.717) is 23.6 Å². The lowest BCUT2D eigenvalue weighted by Crippen LogP contribution is -2.34. The summed E-state index contributed by atoms with van der Waals surface area (Å²) < 4.78 is 5.45. The number of carbonyl (C=O) groups excluding carboxylic acids is 1. The molecular weight excluding hydrogens is 356 g/mol. The van der Waals surface area contributed by atoms with Gasteiger partial charge in [-0.05, 0) is 61.1 Å². The van der Waals surface area contributed by atoms with Crippen LogP contribution in [0.4, 0.5) is 5.69 Å². The number of carbonyl (C=O) groups is 2. The van der Waals surface area contributed by atoms with Gasteiger partial charge in [0.05, 0.1) is 6.61 Å². The molecule has 26 heavy (non-hydrogen) atoms. The molecule has 4 N–H and O–H groups in total. The Morgan fingerprint density at radius 1 is 1.15 bits per heavy atom. The number of rotatable bonds is 6. The van der Waals surface area contributed by atoms with Crippen LogP contribution in [0.1, 0.15) is 34.1 Å². The van der Waals surface area contributed by atoms with Crippen LogP contribution in [-0.2, 0) is 0 Å². The number of nitrogens with one attached hydrogen (secondary N) is 2. The zero-order chi connectivity index (χ0) is 19.1. The SMILES string of the molecule is CCCOc1ccc(C(=O)NC(=S)Nc2ccc(O)c(C(=O)O)c2)cc1. The summed E-state index contributed by atoms with van der Waals surface area (Å²) in [5, 5.41) is 23.7. The summed E-state index contributed by atoms with van der Waals surface area (Å²) in [4.78, 5) is 23.2. The number of aromatic carboxylic acids is 1. The molecule has 0 radical (unpaired) electrons. The number of hydrogen-bond donors (Lipinski definition) is 4. The molecular formula is C18H18N2O5S. The van der Waals surface area contributed by atoms with Gasteiger partial charge in [-0.25, -0.2) is 4.79 Å². The summed E-state index contributed by atoms with van der Waals surface area (Å²) in [5.41, 5.74) is 0.454. The topological polar surface area (TPSA) is 108 Å². The summed E-state index contributed by atoms with van der Waals surface area (Å²) in [6, 6.07) is 10.5. The van der Waals surface area contributed by atoms with Gasteiger partial charge in [0.1, 0.15) is 17.1 Å². The van der Waals surface area contributed by atoms with E-state index in [2.05, 4.69) is 10.6 Å². The molecule has 0 aliphatic rings. The third-order valence-corrected chi connectivity index (χ3v) is 3.51. The minimum atomic E-state index is -1.27. The average molecular weight is 374 g/mol. The molecule has 0 bridgehead atoms. The molecule has 7 nitrogen and oxygen atoms in total. The molecule has 0 unspecified atom stereocenters. The summed E-state index contributed by atoms with van der Waals surface area (Å²) in [7, 11) is 0. The maximum atomic E-state index is 12.2. The molecule has 2 aromatic carbocycles. The van der Waals surface area contributed by atoms with Gasteiger partial charge in [-0.3, -0.25) is 10.1 Å². The van der Waals surface area contributed by atoms with Gasteiger partial charge in [0.2, 0.25) is 0 Å². The van der Waals surface area contributed by atoms with E-state index in [9.17, 15) is 14.7 Å². The van der Waals surface area contributed by atoms with Crippen LogP contribution in [0, 0.1) is 0 Å². The van der Waals surface area contributed by atoms with Crippen LogP contribution in [0.5, 0.6) is 11.5 Å². The predicted octanol–water partition coefficient (Wildman–Crippen LogP) is 3.01. The van der Waals surface area contributed by atoms with Crippen LogP contribution in [-0.4, -0.2) is 33.8 Å². The highest BCUT2D eigenvalue weighted by atomic mass is 32.1. The second kappa shape index (κ2) is 8.82. The minimum absolute atomic E-state index is 0.00309. The first-order chi connectivity index (χ1) is 12.4. The molecule has 0 heterocycles. The third kappa shape index (κ3) is 5.18. The van der Waals surface area contributed by atoms with Crippen molar-refractivity contribution in [1.29, 1.82) is 0 Å². The highest BCUT2D eigenvalue weighted by Crippen LogP contribution is 2.21. The molecule has 8 heteroatoms. The lowest BCUT2D eigenvalue weighted by atomic mass is 10.2. The van der Waals surface area contributed by atoms with Gasteiger partial charge in [0.15, 0.2) is 5.11 Å². The molecule has 0 spiro atoms. The van der Waals surface area contributed by atoms with Gasteiger partial charge in [0, 0.05) is 11.3 Å². The number of amides is 1. The Kier molecular flexibility index (Phi) is 6.51. The van der Waals surface area contributed by atoms with Gasteiger partial charge in [-0.1, -0.05) is 6.92 Å². The largest absolute Gasteiger partial charge is 0.507 e. The summed E-state index contributed by atoms with van der Waals surface area (Å²) >= 11 is 5.06. The second-order valence-corrected chi connectivity index (χ2v) is 5.73. The van der Waals surface area contributed by atoms with E-state index < -0.39 is 11.9 Å². The van der Waals surface area contributed by atoms with Crippen molar-refractivity contribution in [2.24, 2.45) is 0 Å². The quantitative estimate of drug-likeness (QED) is 0.455. The Morgan fingerprint density at radius 3 is 2.46 bits per heavy atom.